The van der Waals surface area contributed by atoms with E-state index in [0.29, 0.717) is 0 Å². The highest BCUT2D eigenvalue weighted by Gasteiger charge is 2.40. The summed E-state index contributed by atoms with van der Waals surface area (Å²) in [4.78, 5) is 27.2. The summed E-state index contributed by atoms with van der Waals surface area (Å²) in [6, 6.07) is 17.8. The second-order valence-electron chi connectivity index (χ2n) is 8.16. The van der Waals surface area contributed by atoms with Gasteiger partial charge in [-0.25, -0.2) is 18.4 Å². The lowest BCUT2D eigenvalue weighted by molar-refractivity contribution is -0.119. The van der Waals surface area contributed by atoms with E-state index >= 15 is 0 Å². The van der Waals surface area contributed by atoms with E-state index in [0.717, 1.165) is 23.0 Å². The van der Waals surface area contributed by atoms with E-state index in [1.54, 1.807) is 0 Å². The fourth-order valence-corrected chi connectivity index (χ4v) is 3.75. The van der Waals surface area contributed by atoms with Crippen LogP contribution in [0.15, 0.2) is 60.7 Å². The molecule has 0 unspecified atom stereocenters. The molecule has 2 amide bonds. The van der Waals surface area contributed by atoms with Crippen molar-refractivity contribution in [3.05, 3.63) is 71.8 Å². The average Bonchev–Trinajstić information content (AvgIpc) is 2.80. The van der Waals surface area contributed by atoms with Crippen LogP contribution in [0.4, 0.5) is 18.4 Å². The van der Waals surface area contributed by atoms with Crippen LogP contribution in [0.5, 0.6) is 0 Å². The molecule has 0 saturated carbocycles. The number of carbonyl (C=O) groups is 2. The first-order valence-electron chi connectivity index (χ1n) is 10.7. The summed E-state index contributed by atoms with van der Waals surface area (Å²) >= 11 is 0. The lowest BCUT2D eigenvalue weighted by atomic mass is 9.99. The molecular formula is C24H28F2N2O5. The summed E-state index contributed by atoms with van der Waals surface area (Å²) < 4.78 is 38.0. The van der Waals surface area contributed by atoms with Gasteiger partial charge in [-0.15, -0.1) is 0 Å². The van der Waals surface area contributed by atoms with E-state index in [9.17, 15) is 23.5 Å². The first kappa shape index (κ1) is 24.4. The molecule has 1 aliphatic heterocycles. The molecular weight excluding hydrogens is 434 g/mol. The summed E-state index contributed by atoms with van der Waals surface area (Å²) in [5, 5.41) is 9.38. The molecule has 2 aromatic rings. The minimum absolute atomic E-state index is 0.0531. The van der Waals surface area contributed by atoms with Crippen molar-refractivity contribution in [2.75, 3.05) is 19.7 Å². The molecule has 2 aromatic carbocycles. The van der Waals surface area contributed by atoms with E-state index in [1.165, 1.54) is 4.90 Å². The number of ether oxygens (including phenoxy) is 2. The Labute approximate surface area is 191 Å². The maximum Gasteiger partial charge on any atom is 0.410 e. The second kappa shape index (κ2) is 11.1. The smallest absolute Gasteiger partial charge is 0.410 e. The first-order chi connectivity index (χ1) is 15.7. The van der Waals surface area contributed by atoms with Gasteiger partial charge in [0.15, 0.2) is 0 Å². The zero-order chi connectivity index (χ0) is 23.8. The number of amides is 2. The highest BCUT2D eigenvalue weighted by Crippen LogP contribution is 2.25. The molecule has 0 spiro atoms. The van der Waals surface area contributed by atoms with Gasteiger partial charge in [0.1, 0.15) is 13.2 Å². The quantitative estimate of drug-likeness (QED) is 0.619. The van der Waals surface area contributed by atoms with Gasteiger partial charge in [0.05, 0.1) is 18.7 Å². The fourth-order valence-electron chi connectivity index (χ4n) is 3.75. The Morgan fingerprint density at radius 3 is 2.27 bits per heavy atom. The molecule has 9 heteroatoms. The molecule has 1 aliphatic rings. The number of hydrogen-bond acceptors (Lipinski definition) is 4. The van der Waals surface area contributed by atoms with Crippen LogP contribution in [0.3, 0.4) is 0 Å². The van der Waals surface area contributed by atoms with E-state index in [1.807, 2.05) is 60.7 Å². The molecule has 1 heterocycles. The van der Waals surface area contributed by atoms with Gasteiger partial charge in [0.25, 0.3) is 5.92 Å². The van der Waals surface area contributed by atoms with Gasteiger partial charge in [-0.3, -0.25) is 4.90 Å². The number of piperidine rings is 1. The number of rotatable bonds is 8. The predicted octanol–water partition coefficient (Wildman–Crippen LogP) is 4.62. The summed E-state index contributed by atoms with van der Waals surface area (Å²) in [6.45, 7) is 0.120. The van der Waals surface area contributed by atoms with Crippen molar-refractivity contribution in [3.63, 3.8) is 0 Å². The average molecular weight is 462 g/mol. The SMILES string of the molecule is CC(F)(F)CO[C@H]1CN(C(=O)O)CC[C@H]1N(Cc1ccccc1)C(=O)OCc1ccccc1. The zero-order valence-electron chi connectivity index (χ0n) is 18.4. The van der Waals surface area contributed by atoms with Crippen LogP contribution in [0, 0.1) is 0 Å². The highest BCUT2D eigenvalue weighted by atomic mass is 19.3. The molecule has 3 rings (SSSR count). The van der Waals surface area contributed by atoms with Gasteiger partial charge in [0, 0.05) is 20.0 Å². The van der Waals surface area contributed by atoms with Crippen LogP contribution in [-0.4, -0.2) is 64.9 Å². The summed E-state index contributed by atoms with van der Waals surface area (Å²) in [5.41, 5.74) is 1.64. The number of carbonyl (C=O) groups excluding carboxylic acids is 1. The van der Waals surface area contributed by atoms with E-state index in [4.69, 9.17) is 9.47 Å². The van der Waals surface area contributed by atoms with Gasteiger partial charge in [-0.05, 0) is 17.5 Å². The number of likely N-dealkylation sites (tertiary alicyclic amines) is 1. The van der Waals surface area contributed by atoms with Crippen molar-refractivity contribution in [1.82, 2.24) is 9.80 Å². The van der Waals surface area contributed by atoms with E-state index in [-0.39, 0.29) is 32.7 Å². The molecule has 7 nitrogen and oxygen atoms in total. The van der Waals surface area contributed by atoms with Crippen molar-refractivity contribution in [2.24, 2.45) is 0 Å². The number of carboxylic acid groups (broad SMARTS) is 1. The van der Waals surface area contributed by atoms with E-state index < -0.39 is 36.9 Å². The third-order valence-electron chi connectivity index (χ3n) is 5.38. The summed E-state index contributed by atoms with van der Waals surface area (Å²) in [7, 11) is 0. The van der Waals surface area contributed by atoms with Crippen molar-refractivity contribution < 1.29 is 33.0 Å². The Kier molecular flexibility index (Phi) is 8.21. The number of benzene rings is 2. The van der Waals surface area contributed by atoms with Gasteiger partial charge in [0.2, 0.25) is 0 Å². The summed E-state index contributed by atoms with van der Waals surface area (Å²) in [5.74, 6) is -3.09. The first-order valence-corrected chi connectivity index (χ1v) is 10.7. The Bertz CT molecular complexity index is 908. The molecule has 1 N–H and O–H groups in total. The zero-order valence-corrected chi connectivity index (χ0v) is 18.4. The third-order valence-corrected chi connectivity index (χ3v) is 5.38. The molecule has 33 heavy (non-hydrogen) atoms. The molecule has 0 aliphatic carbocycles. The Morgan fingerprint density at radius 2 is 1.70 bits per heavy atom. The van der Waals surface area contributed by atoms with Crippen molar-refractivity contribution in [3.8, 4) is 0 Å². The molecule has 1 saturated heterocycles. The normalized spacial score (nSPS) is 18.6. The lowest BCUT2D eigenvalue weighted by Gasteiger charge is -2.42. The minimum Gasteiger partial charge on any atom is -0.465 e. The third kappa shape index (κ3) is 7.42. The standard InChI is InChI=1S/C24H28F2N2O5/c1-24(25,26)17-33-21-15-27(22(29)30)13-12-20(21)28(14-18-8-4-2-5-9-18)23(31)32-16-19-10-6-3-7-11-19/h2-11,20-21H,12-17H2,1H3,(H,29,30)/t20-,21+/m1/s1. The lowest BCUT2D eigenvalue weighted by Crippen LogP contribution is -2.57. The highest BCUT2D eigenvalue weighted by molar-refractivity contribution is 5.69. The Balaban J connectivity index is 1.81. The van der Waals surface area contributed by atoms with Crippen LogP contribution >= 0.6 is 0 Å². The monoisotopic (exact) mass is 462 g/mol. The van der Waals surface area contributed by atoms with Crippen molar-refractivity contribution in [1.29, 1.82) is 0 Å². The number of hydrogen-bond donors (Lipinski definition) is 1. The van der Waals surface area contributed by atoms with Gasteiger partial charge in [-0.1, -0.05) is 60.7 Å². The Hall–Kier alpha value is -3.20. The molecule has 0 aromatic heterocycles. The molecule has 0 bridgehead atoms. The van der Waals surface area contributed by atoms with Crippen LogP contribution in [0.1, 0.15) is 24.5 Å². The largest absolute Gasteiger partial charge is 0.465 e. The number of halogens is 2. The van der Waals surface area contributed by atoms with Gasteiger partial charge < -0.3 is 19.5 Å². The van der Waals surface area contributed by atoms with E-state index in [2.05, 4.69) is 0 Å². The van der Waals surface area contributed by atoms with Crippen molar-refractivity contribution in [2.45, 2.75) is 44.6 Å². The number of nitrogens with zero attached hydrogens (tertiary/aromatic N) is 2. The van der Waals surface area contributed by atoms with Crippen LogP contribution in [0.25, 0.3) is 0 Å². The summed E-state index contributed by atoms with van der Waals surface area (Å²) in [6.07, 6.45) is -2.46. The topological polar surface area (TPSA) is 79.3 Å². The van der Waals surface area contributed by atoms with Gasteiger partial charge in [-0.2, -0.15) is 0 Å². The van der Waals surface area contributed by atoms with Crippen LogP contribution in [-0.2, 0) is 22.6 Å². The van der Waals surface area contributed by atoms with Crippen molar-refractivity contribution >= 4 is 12.2 Å². The molecule has 0 radical (unpaired) electrons. The number of alkyl halides is 2. The second-order valence-corrected chi connectivity index (χ2v) is 8.16. The Morgan fingerprint density at radius 1 is 1.09 bits per heavy atom. The van der Waals surface area contributed by atoms with Crippen LogP contribution < -0.4 is 0 Å². The predicted molar refractivity (Wildman–Crippen MR) is 117 cm³/mol. The fraction of sp³-hybridized carbons (Fsp3) is 0.417. The molecule has 178 valence electrons. The molecule has 1 fully saturated rings. The van der Waals surface area contributed by atoms with Gasteiger partial charge >= 0.3 is 12.2 Å². The maximum absolute atomic E-state index is 13.5. The maximum atomic E-state index is 13.5. The van der Waals surface area contributed by atoms with Crippen LogP contribution in [0.2, 0.25) is 0 Å². The molecule has 2 atom stereocenters. The minimum atomic E-state index is -3.09.